The predicted molar refractivity (Wildman–Crippen MR) is 181 cm³/mol. The van der Waals surface area contributed by atoms with Crippen LogP contribution in [0.25, 0.3) is 0 Å². The molecule has 6 atom stereocenters. The number of nitrogens with one attached hydrogen (secondary N) is 2. The van der Waals surface area contributed by atoms with Gasteiger partial charge in [0.05, 0.1) is 29.5 Å². The summed E-state index contributed by atoms with van der Waals surface area (Å²) in [4.78, 5) is 42.7. The van der Waals surface area contributed by atoms with Crippen LogP contribution in [0.5, 0.6) is 0 Å². The maximum atomic E-state index is 13.8. The number of hydrogen-bond acceptors (Lipinski definition) is 6. The molecule has 1 heterocycles. The van der Waals surface area contributed by atoms with Gasteiger partial charge in [-0.05, 0) is 76.8 Å². The monoisotopic (exact) mass is 633 g/mol. The molecule has 0 aromatic heterocycles. The van der Waals surface area contributed by atoms with Crippen LogP contribution in [0.4, 0.5) is 0 Å². The van der Waals surface area contributed by atoms with Gasteiger partial charge >= 0.3 is 5.97 Å². The average Bonchev–Trinajstić information content (AvgIpc) is 3.02. The Bertz CT molecular complexity index is 1290. The SMILES string of the molecule is C[C@@H](C(=O)N[C@@H](Cc1ccccc1)[C@H](O)CN1C[C@H]2CCCC[C@H]2C[C@H]1C(=O)NC(C)(C)C)C(C)(C)C(=O)OCc1ccccc1. The topological polar surface area (TPSA) is 108 Å². The maximum Gasteiger partial charge on any atom is 0.312 e. The third-order valence-electron chi connectivity index (χ3n) is 10.0. The van der Waals surface area contributed by atoms with E-state index in [1.54, 1.807) is 20.8 Å². The molecule has 2 aromatic carbocycles. The Kier molecular flexibility index (Phi) is 12.1. The molecule has 2 aliphatic rings. The minimum absolute atomic E-state index is 0.00300. The summed E-state index contributed by atoms with van der Waals surface area (Å²) in [5.41, 5.74) is 0.399. The van der Waals surface area contributed by atoms with Gasteiger partial charge in [-0.2, -0.15) is 0 Å². The van der Waals surface area contributed by atoms with E-state index in [2.05, 4.69) is 15.5 Å². The van der Waals surface area contributed by atoms with Crippen molar-refractivity contribution in [2.24, 2.45) is 23.2 Å². The fourth-order valence-electron chi connectivity index (χ4n) is 6.87. The van der Waals surface area contributed by atoms with Gasteiger partial charge in [0, 0.05) is 18.6 Å². The summed E-state index contributed by atoms with van der Waals surface area (Å²) in [5, 5.41) is 18.1. The van der Waals surface area contributed by atoms with Gasteiger partial charge in [0.2, 0.25) is 11.8 Å². The number of hydrogen-bond donors (Lipinski definition) is 3. The van der Waals surface area contributed by atoms with E-state index in [1.165, 1.54) is 12.8 Å². The number of carbonyl (C=O) groups is 3. The summed E-state index contributed by atoms with van der Waals surface area (Å²) < 4.78 is 5.61. The summed E-state index contributed by atoms with van der Waals surface area (Å²) in [6.07, 6.45) is 4.95. The highest BCUT2D eigenvalue weighted by Crippen LogP contribution is 2.39. The van der Waals surface area contributed by atoms with E-state index in [1.807, 2.05) is 81.4 Å². The second kappa shape index (κ2) is 15.6. The van der Waals surface area contributed by atoms with Crippen LogP contribution in [0.15, 0.2) is 60.7 Å². The molecule has 3 N–H and O–H groups in total. The Hall–Kier alpha value is -3.23. The smallest absolute Gasteiger partial charge is 0.312 e. The first-order valence-corrected chi connectivity index (χ1v) is 17.0. The molecule has 0 radical (unpaired) electrons. The van der Waals surface area contributed by atoms with Crippen molar-refractivity contribution in [2.75, 3.05) is 13.1 Å². The van der Waals surface area contributed by atoms with Gasteiger partial charge in [0.1, 0.15) is 6.61 Å². The highest BCUT2D eigenvalue weighted by atomic mass is 16.5. The van der Waals surface area contributed by atoms with Crippen LogP contribution < -0.4 is 10.6 Å². The number of β-amino-alcohol motifs (C(OH)–C–C–N with tert-alkyl or cyclic N) is 1. The Labute approximate surface area is 275 Å². The summed E-state index contributed by atoms with van der Waals surface area (Å²) in [6.45, 7) is 12.3. The van der Waals surface area contributed by atoms with E-state index in [0.717, 1.165) is 36.9 Å². The molecule has 1 aliphatic carbocycles. The van der Waals surface area contributed by atoms with Gasteiger partial charge in [0.15, 0.2) is 0 Å². The van der Waals surface area contributed by atoms with Gasteiger partial charge in [-0.25, -0.2) is 0 Å². The number of aliphatic hydroxyl groups excluding tert-OH is 1. The largest absolute Gasteiger partial charge is 0.460 e. The highest BCUT2D eigenvalue weighted by molar-refractivity contribution is 5.87. The molecule has 8 heteroatoms. The van der Waals surface area contributed by atoms with Crippen LogP contribution in [0.2, 0.25) is 0 Å². The quantitative estimate of drug-likeness (QED) is 0.275. The van der Waals surface area contributed by atoms with Crippen LogP contribution in [-0.2, 0) is 32.1 Å². The maximum absolute atomic E-state index is 13.8. The van der Waals surface area contributed by atoms with E-state index < -0.39 is 29.4 Å². The number of esters is 1. The molecular weight excluding hydrogens is 578 g/mol. The first kappa shape index (κ1) is 35.6. The minimum Gasteiger partial charge on any atom is -0.460 e. The third kappa shape index (κ3) is 9.64. The molecule has 1 saturated heterocycles. The third-order valence-corrected chi connectivity index (χ3v) is 10.0. The molecule has 1 aliphatic heterocycles. The molecule has 46 heavy (non-hydrogen) atoms. The van der Waals surface area contributed by atoms with Crippen molar-refractivity contribution in [1.29, 1.82) is 0 Å². The van der Waals surface area contributed by atoms with Gasteiger partial charge in [-0.1, -0.05) is 86.8 Å². The minimum atomic E-state index is -1.10. The molecule has 1 saturated carbocycles. The van der Waals surface area contributed by atoms with Crippen molar-refractivity contribution in [3.05, 3.63) is 71.8 Å². The van der Waals surface area contributed by atoms with Crippen molar-refractivity contribution < 1.29 is 24.2 Å². The van der Waals surface area contributed by atoms with Gasteiger partial charge in [-0.3, -0.25) is 19.3 Å². The second-order valence-electron chi connectivity index (χ2n) is 15.1. The predicted octanol–water partition coefficient (Wildman–Crippen LogP) is 5.28. The van der Waals surface area contributed by atoms with Crippen molar-refractivity contribution in [3.8, 4) is 0 Å². The average molecular weight is 634 g/mol. The van der Waals surface area contributed by atoms with Crippen LogP contribution in [0.1, 0.15) is 84.8 Å². The lowest BCUT2D eigenvalue weighted by Crippen LogP contribution is -2.60. The van der Waals surface area contributed by atoms with Gasteiger partial charge in [0.25, 0.3) is 0 Å². The number of aliphatic hydroxyl groups is 1. The molecule has 0 bridgehead atoms. The summed E-state index contributed by atoms with van der Waals surface area (Å²) in [6, 6.07) is 18.3. The van der Waals surface area contributed by atoms with Gasteiger partial charge < -0.3 is 20.5 Å². The number of piperidine rings is 1. The van der Waals surface area contributed by atoms with E-state index >= 15 is 0 Å². The zero-order valence-electron chi connectivity index (χ0n) is 28.6. The number of likely N-dealkylation sites (tertiary alicyclic amines) is 1. The van der Waals surface area contributed by atoms with E-state index in [-0.39, 0.29) is 36.5 Å². The van der Waals surface area contributed by atoms with Crippen LogP contribution in [-0.4, -0.2) is 64.6 Å². The number of ether oxygens (including phenoxy) is 1. The fourth-order valence-corrected chi connectivity index (χ4v) is 6.87. The molecule has 2 amide bonds. The Morgan fingerprint density at radius 1 is 0.913 bits per heavy atom. The molecule has 252 valence electrons. The Morgan fingerprint density at radius 3 is 2.11 bits per heavy atom. The molecule has 8 nitrogen and oxygen atoms in total. The number of rotatable bonds is 12. The van der Waals surface area contributed by atoms with Crippen molar-refractivity contribution in [1.82, 2.24) is 15.5 Å². The number of nitrogens with zero attached hydrogens (tertiary/aromatic N) is 1. The Morgan fingerprint density at radius 2 is 1.50 bits per heavy atom. The molecule has 0 spiro atoms. The standard InChI is InChI=1S/C38H55N3O5/c1-26(38(5,6)36(45)46-25-28-17-11-8-12-18-28)34(43)39-31(21-27-15-9-7-10-16-27)33(42)24-41-23-30-20-14-13-19-29(30)22-32(41)35(44)40-37(2,3)4/h7-12,15-18,26,29-33,42H,13-14,19-25H2,1-6H3,(H,39,43)(H,40,44)/t26-,29-,30+,31-,32-,33+/m0/s1. The molecule has 2 aromatic rings. The van der Waals surface area contributed by atoms with Crippen molar-refractivity contribution >= 4 is 17.8 Å². The normalized spacial score (nSPS) is 22.5. The van der Waals surface area contributed by atoms with Crippen LogP contribution >= 0.6 is 0 Å². The fraction of sp³-hybridized carbons (Fsp3) is 0.605. The lowest BCUT2D eigenvalue weighted by molar-refractivity contribution is -0.161. The number of carbonyl (C=O) groups excluding carboxylic acids is 3. The molecular formula is C38H55N3O5. The van der Waals surface area contributed by atoms with Gasteiger partial charge in [-0.15, -0.1) is 0 Å². The second-order valence-corrected chi connectivity index (χ2v) is 15.1. The zero-order valence-corrected chi connectivity index (χ0v) is 28.6. The lowest BCUT2D eigenvalue weighted by Gasteiger charge is -2.47. The molecule has 4 rings (SSSR count). The number of amides is 2. The van der Waals surface area contributed by atoms with E-state index in [0.29, 0.717) is 18.3 Å². The van der Waals surface area contributed by atoms with Crippen molar-refractivity contribution in [3.63, 3.8) is 0 Å². The van der Waals surface area contributed by atoms with Crippen molar-refractivity contribution in [2.45, 2.75) is 110 Å². The Balaban J connectivity index is 1.49. The first-order chi connectivity index (χ1) is 21.7. The van der Waals surface area contributed by atoms with E-state index in [9.17, 15) is 19.5 Å². The summed E-state index contributed by atoms with van der Waals surface area (Å²) >= 11 is 0. The van der Waals surface area contributed by atoms with Crippen LogP contribution in [0, 0.1) is 23.2 Å². The number of benzene rings is 2. The summed E-state index contributed by atoms with van der Waals surface area (Å²) in [5.74, 6) is -0.481. The molecule has 2 fully saturated rings. The first-order valence-electron chi connectivity index (χ1n) is 17.0. The highest BCUT2D eigenvalue weighted by Gasteiger charge is 2.43. The van der Waals surface area contributed by atoms with Crippen LogP contribution in [0.3, 0.4) is 0 Å². The zero-order chi connectivity index (χ0) is 33.5. The van der Waals surface area contributed by atoms with E-state index in [4.69, 9.17) is 4.74 Å². The molecule has 0 unspecified atom stereocenters. The lowest BCUT2D eigenvalue weighted by atomic mass is 9.72. The number of fused-ring (bicyclic) bond motifs is 1. The summed E-state index contributed by atoms with van der Waals surface area (Å²) in [7, 11) is 0.